The van der Waals surface area contributed by atoms with Crippen molar-refractivity contribution < 1.29 is 4.57 Å². The van der Waals surface area contributed by atoms with Crippen LogP contribution in [0.2, 0.25) is 0 Å². The summed E-state index contributed by atoms with van der Waals surface area (Å²) in [6, 6.07) is 30.3. The number of aryl methyl sites for hydroxylation is 1. The van der Waals surface area contributed by atoms with Crippen molar-refractivity contribution in [3.05, 3.63) is 149 Å². The summed E-state index contributed by atoms with van der Waals surface area (Å²) in [5, 5.41) is 1.27. The molecule has 0 bridgehead atoms. The third-order valence-electron chi connectivity index (χ3n) is 7.44. The Morgan fingerprint density at radius 3 is 2.46 bits per heavy atom. The second-order valence-electron chi connectivity index (χ2n) is 9.76. The lowest BCUT2D eigenvalue weighted by atomic mass is 9.95. The van der Waals surface area contributed by atoms with Crippen LogP contribution in [0.5, 0.6) is 0 Å². The number of hydrogen-bond donors (Lipinski definition) is 0. The summed E-state index contributed by atoms with van der Waals surface area (Å²) in [6.07, 6.45) is 17.8. The first-order chi connectivity index (χ1) is 18.2. The lowest BCUT2D eigenvalue weighted by Gasteiger charge is -2.23. The number of para-hydroxylation sites is 2. The molecule has 0 unspecified atom stereocenters. The van der Waals surface area contributed by atoms with Crippen LogP contribution in [0, 0.1) is 0 Å². The van der Waals surface area contributed by atoms with Crippen LogP contribution < -0.4 is 9.47 Å². The molecular weight excluding hydrogens is 448 g/mol. The molecule has 1 aliphatic carbocycles. The highest BCUT2D eigenvalue weighted by Crippen LogP contribution is 2.40. The van der Waals surface area contributed by atoms with Gasteiger partial charge >= 0.3 is 0 Å². The summed E-state index contributed by atoms with van der Waals surface area (Å²) in [6.45, 7) is 0. The Labute approximate surface area is 219 Å². The van der Waals surface area contributed by atoms with Gasteiger partial charge in [0, 0.05) is 36.6 Å². The molecule has 2 heteroatoms. The average molecular weight is 480 g/mol. The fourth-order valence-corrected chi connectivity index (χ4v) is 5.48. The Hall–Kier alpha value is -4.43. The van der Waals surface area contributed by atoms with E-state index in [0.717, 1.165) is 12.8 Å². The Bertz CT molecular complexity index is 1630. The molecular formula is C35H31N2+. The number of fused-ring (bicyclic) bond motifs is 2. The minimum atomic E-state index is 1.05. The van der Waals surface area contributed by atoms with Crippen LogP contribution in [0.25, 0.3) is 28.1 Å². The molecule has 180 valence electrons. The predicted octanol–water partition coefficient (Wildman–Crippen LogP) is 7.90. The van der Waals surface area contributed by atoms with Crippen molar-refractivity contribution in [2.45, 2.75) is 12.8 Å². The molecule has 2 heterocycles. The van der Waals surface area contributed by atoms with Gasteiger partial charge in [-0.2, -0.15) is 0 Å². The van der Waals surface area contributed by atoms with E-state index in [-0.39, 0.29) is 0 Å². The van der Waals surface area contributed by atoms with Crippen LogP contribution in [0.3, 0.4) is 0 Å². The molecule has 0 N–H and O–H groups in total. The molecule has 0 atom stereocenters. The molecule has 1 aliphatic heterocycles. The van der Waals surface area contributed by atoms with Crippen molar-refractivity contribution >= 4 is 33.8 Å². The van der Waals surface area contributed by atoms with Crippen LogP contribution >= 0.6 is 0 Å². The summed E-state index contributed by atoms with van der Waals surface area (Å²) in [5.41, 5.74) is 11.7. The maximum absolute atomic E-state index is 2.34. The summed E-state index contributed by atoms with van der Waals surface area (Å²) < 4.78 is 2.18. The first kappa shape index (κ1) is 23.0. The van der Waals surface area contributed by atoms with E-state index in [9.17, 15) is 0 Å². The number of allylic oxidation sites excluding steroid dienone is 8. The van der Waals surface area contributed by atoms with Gasteiger partial charge in [-0.05, 0) is 64.5 Å². The highest BCUT2D eigenvalue weighted by atomic mass is 15.1. The molecule has 1 aromatic heterocycles. The number of benzene rings is 3. The molecule has 0 saturated carbocycles. The van der Waals surface area contributed by atoms with E-state index in [1.54, 1.807) is 0 Å². The number of anilines is 1. The molecule has 2 nitrogen and oxygen atoms in total. The van der Waals surface area contributed by atoms with E-state index in [1.807, 2.05) is 0 Å². The van der Waals surface area contributed by atoms with Crippen molar-refractivity contribution in [1.29, 1.82) is 0 Å². The van der Waals surface area contributed by atoms with E-state index in [4.69, 9.17) is 0 Å². The molecule has 0 saturated heterocycles. The minimum Gasteiger partial charge on any atom is -0.351 e. The van der Waals surface area contributed by atoms with Gasteiger partial charge < -0.3 is 4.90 Å². The Morgan fingerprint density at radius 1 is 0.784 bits per heavy atom. The van der Waals surface area contributed by atoms with Crippen LogP contribution in [-0.4, -0.2) is 7.05 Å². The SMILES string of the molecule is CN1C=C/C(=C\C=C2/CCC(/C=C/c3cc[n+](C)c4ccccc34)=C2c2ccccc2)c2ccccc21. The minimum absolute atomic E-state index is 1.05. The van der Waals surface area contributed by atoms with E-state index >= 15 is 0 Å². The van der Waals surface area contributed by atoms with E-state index < -0.39 is 0 Å². The molecule has 0 fully saturated rings. The third kappa shape index (κ3) is 4.47. The molecule has 6 rings (SSSR count). The highest BCUT2D eigenvalue weighted by molar-refractivity contribution is 5.91. The highest BCUT2D eigenvalue weighted by Gasteiger charge is 2.20. The summed E-state index contributed by atoms with van der Waals surface area (Å²) >= 11 is 0. The molecule has 3 aromatic carbocycles. The van der Waals surface area contributed by atoms with Crippen molar-refractivity contribution in [3.63, 3.8) is 0 Å². The van der Waals surface area contributed by atoms with Crippen molar-refractivity contribution in [1.82, 2.24) is 0 Å². The van der Waals surface area contributed by atoms with Gasteiger partial charge in [-0.25, -0.2) is 4.57 Å². The lowest BCUT2D eigenvalue weighted by Crippen LogP contribution is -2.28. The summed E-state index contributed by atoms with van der Waals surface area (Å²) in [7, 11) is 4.21. The zero-order valence-electron chi connectivity index (χ0n) is 21.4. The van der Waals surface area contributed by atoms with E-state index in [2.05, 4.69) is 151 Å². The van der Waals surface area contributed by atoms with Crippen molar-refractivity contribution in [3.8, 4) is 0 Å². The predicted molar refractivity (Wildman–Crippen MR) is 157 cm³/mol. The zero-order valence-corrected chi connectivity index (χ0v) is 21.4. The van der Waals surface area contributed by atoms with Gasteiger partial charge in [-0.3, -0.25) is 0 Å². The largest absolute Gasteiger partial charge is 0.351 e. The lowest BCUT2D eigenvalue weighted by molar-refractivity contribution is -0.644. The molecule has 0 amide bonds. The van der Waals surface area contributed by atoms with Crippen LogP contribution in [0.4, 0.5) is 5.69 Å². The van der Waals surface area contributed by atoms with Gasteiger partial charge in [-0.15, -0.1) is 0 Å². The molecule has 0 spiro atoms. The number of rotatable bonds is 4. The smallest absolute Gasteiger partial charge is 0.212 e. The van der Waals surface area contributed by atoms with Crippen LogP contribution in [0.1, 0.15) is 29.5 Å². The summed E-state index contributed by atoms with van der Waals surface area (Å²) in [4.78, 5) is 2.18. The normalized spacial score (nSPS) is 17.5. The molecule has 4 aromatic rings. The van der Waals surface area contributed by atoms with Gasteiger partial charge in [0.25, 0.3) is 0 Å². The van der Waals surface area contributed by atoms with Gasteiger partial charge in [-0.1, -0.05) is 85.0 Å². The number of pyridine rings is 1. The van der Waals surface area contributed by atoms with Crippen LogP contribution in [-0.2, 0) is 7.05 Å². The van der Waals surface area contributed by atoms with Gasteiger partial charge in [0.1, 0.15) is 7.05 Å². The Morgan fingerprint density at radius 2 is 1.57 bits per heavy atom. The fraction of sp³-hybridized carbons (Fsp3) is 0.114. The second kappa shape index (κ2) is 9.91. The van der Waals surface area contributed by atoms with Gasteiger partial charge in [0.2, 0.25) is 5.52 Å². The van der Waals surface area contributed by atoms with Gasteiger partial charge in [0.05, 0.1) is 5.39 Å². The number of hydrogen-bond acceptors (Lipinski definition) is 1. The molecule has 37 heavy (non-hydrogen) atoms. The fourth-order valence-electron chi connectivity index (χ4n) is 5.48. The maximum atomic E-state index is 2.34. The Kier molecular flexibility index (Phi) is 6.16. The first-order valence-electron chi connectivity index (χ1n) is 12.9. The first-order valence-corrected chi connectivity index (χ1v) is 12.9. The maximum Gasteiger partial charge on any atom is 0.212 e. The monoisotopic (exact) mass is 479 g/mol. The number of nitrogens with zero attached hydrogens (tertiary/aromatic N) is 2. The van der Waals surface area contributed by atoms with Crippen LogP contribution in [0.15, 0.2) is 133 Å². The molecule has 0 radical (unpaired) electrons. The summed E-state index contributed by atoms with van der Waals surface area (Å²) in [5.74, 6) is 0. The number of aromatic nitrogens is 1. The Balaban J connectivity index is 1.42. The second-order valence-corrected chi connectivity index (χ2v) is 9.76. The van der Waals surface area contributed by atoms with E-state index in [1.165, 1.54) is 55.6 Å². The topological polar surface area (TPSA) is 7.12 Å². The van der Waals surface area contributed by atoms with Crippen molar-refractivity contribution in [2.75, 3.05) is 11.9 Å². The standard InChI is InChI=1S/C35H31N2/c1-36-24-22-26(31-12-6-8-14-33(31)36)16-18-29-20-21-30(35(29)28-10-4-3-5-11-28)19-17-27-23-25-37(2)34-15-9-7-13-32(27)34/h3-19,22-25H,20-21H2,1-2H3/q+1. The zero-order chi connectivity index (χ0) is 25.2. The van der Waals surface area contributed by atoms with Crippen molar-refractivity contribution in [2.24, 2.45) is 7.05 Å². The van der Waals surface area contributed by atoms with E-state index in [0.29, 0.717) is 0 Å². The average Bonchev–Trinajstić information content (AvgIpc) is 3.36. The van der Waals surface area contributed by atoms with Gasteiger partial charge in [0.15, 0.2) is 6.20 Å². The third-order valence-corrected chi connectivity index (χ3v) is 7.44. The quantitative estimate of drug-likeness (QED) is 0.270. The molecule has 2 aliphatic rings.